The Bertz CT molecular complexity index is 1170. The lowest BCUT2D eigenvalue weighted by Crippen LogP contribution is -2.48. The van der Waals surface area contributed by atoms with Crippen LogP contribution in [0.1, 0.15) is 81.2 Å². The Hall–Kier alpha value is -2.67. The summed E-state index contributed by atoms with van der Waals surface area (Å²) in [4.78, 5) is 19.8. The van der Waals surface area contributed by atoms with E-state index in [9.17, 15) is 18.0 Å². The standard InChI is InChI=1S/C31H38F3N3O/c1-21(2)30(29(38)37-15-13-28-24(20-37)17-25(19-35-28)31(32,33)34)14-12-27(18-30)36-26-10-8-23(9-11-26)16-22-6-4-3-5-7-22/h3-7,16-17,19,21,26-27,36H,8-15,18,20H2,1-2H3/t26?,27-,30+/m1/s1. The molecule has 2 aromatic rings. The molecule has 1 aromatic carbocycles. The minimum Gasteiger partial charge on any atom is -0.337 e. The average Bonchev–Trinajstić information content (AvgIpc) is 3.34. The smallest absolute Gasteiger partial charge is 0.337 e. The van der Waals surface area contributed by atoms with Crippen molar-refractivity contribution in [2.75, 3.05) is 6.54 Å². The molecule has 3 aliphatic rings. The number of benzene rings is 1. The second-order valence-corrected chi connectivity index (χ2v) is 11.7. The third-order valence-corrected chi connectivity index (χ3v) is 9.00. The first-order valence-corrected chi connectivity index (χ1v) is 14.0. The summed E-state index contributed by atoms with van der Waals surface area (Å²) in [5.74, 6) is 0.256. The van der Waals surface area contributed by atoms with Crippen LogP contribution in [0.5, 0.6) is 0 Å². The monoisotopic (exact) mass is 525 g/mol. The lowest BCUT2D eigenvalue weighted by Gasteiger charge is -2.40. The Morgan fingerprint density at radius 2 is 1.84 bits per heavy atom. The number of amides is 1. The summed E-state index contributed by atoms with van der Waals surface area (Å²) in [6.07, 6.45) is 6.24. The zero-order valence-electron chi connectivity index (χ0n) is 22.4. The Labute approximate surface area is 223 Å². The largest absolute Gasteiger partial charge is 0.417 e. The highest BCUT2D eigenvalue weighted by Gasteiger charge is 2.50. The van der Waals surface area contributed by atoms with E-state index < -0.39 is 17.2 Å². The molecule has 2 atom stereocenters. The molecule has 1 N–H and O–H groups in total. The van der Waals surface area contributed by atoms with Gasteiger partial charge in [0.15, 0.2) is 0 Å². The highest BCUT2D eigenvalue weighted by molar-refractivity contribution is 5.83. The first-order valence-electron chi connectivity index (χ1n) is 14.0. The molecule has 38 heavy (non-hydrogen) atoms. The fourth-order valence-corrected chi connectivity index (χ4v) is 6.67. The van der Waals surface area contributed by atoms with E-state index in [1.807, 2.05) is 6.07 Å². The minimum atomic E-state index is -4.44. The van der Waals surface area contributed by atoms with Gasteiger partial charge in [-0.2, -0.15) is 13.2 Å². The van der Waals surface area contributed by atoms with Crippen LogP contribution in [0.2, 0.25) is 0 Å². The number of hydrogen-bond acceptors (Lipinski definition) is 3. The highest BCUT2D eigenvalue weighted by Crippen LogP contribution is 2.47. The lowest BCUT2D eigenvalue weighted by atomic mass is 9.74. The van der Waals surface area contributed by atoms with Gasteiger partial charge in [0.1, 0.15) is 0 Å². The van der Waals surface area contributed by atoms with E-state index >= 15 is 0 Å². The van der Waals surface area contributed by atoms with Crippen molar-refractivity contribution in [2.24, 2.45) is 11.3 Å². The Balaban J connectivity index is 1.21. The Kier molecular flexibility index (Phi) is 7.67. The number of nitrogens with one attached hydrogen (secondary N) is 1. The second-order valence-electron chi connectivity index (χ2n) is 11.7. The molecule has 7 heteroatoms. The molecule has 204 valence electrons. The van der Waals surface area contributed by atoms with E-state index in [1.54, 1.807) is 4.90 Å². The average molecular weight is 526 g/mol. The molecular formula is C31H38F3N3O. The Morgan fingerprint density at radius 3 is 2.53 bits per heavy atom. The lowest BCUT2D eigenvalue weighted by molar-refractivity contribution is -0.146. The summed E-state index contributed by atoms with van der Waals surface area (Å²) in [6, 6.07) is 12.4. The van der Waals surface area contributed by atoms with Crippen molar-refractivity contribution in [2.45, 2.75) is 90.0 Å². The minimum absolute atomic E-state index is 0.0941. The second kappa shape index (κ2) is 10.8. The van der Waals surface area contributed by atoms with Crippen LogP contribution >= 0.6 is 0 Å². The van der Waals surface area contributed by atoms with Crippen molar-refractivity contribution in [3.05, 3.63) is 70.6 Å². The normalized spacial score (nSPS) is 25.9. The van der Waals surface area contributed by atoms with Gasteiger partial charge in [-0.05, 0) is 68.1 Å². The molecular weight excluding hydrogens is 487 g/mol. The van der Waals surface area contributed by atoms with Gasteiger partial charge in [0.2, 0.25) is 5.91 Å². The molecule has 0 bridgehead atoms. The number of pyridine rings is 1. The summed E-state index contributed by atoms with van der Waals surface area (Å²) in [5.41, 5.74) is 2.73. The molecule has 2 aliphatic carbocycles. The van der Waals surface area contributed by atoms with Crippen molar-refractivity contribution < 1.29 is 18.0 Å². The van der Waals surface area contributed by atoms with Gasteiger partial charge in [-0.1, -0.05) is 55.8 Å². The summed E-state index contributed by atoms with van der Waals surface area (Å²) in [5, 5.41) is 3.88. The van der Waals surface area contributed by atoms with E-state index in [0.29, 0.717) is 36.3 Å². The fourth-order valence-electron chi connectivity index (χ4n) is 6.67. The summed E-state index contributed by atoms with van der Waals surface area (Å²) >= 11 is 0. The van der Waals surface area contributed by atoms with Gasteiger partial charge < -0.3 is 10.2 Å². The van der Waals surface area contributed by atoms with Gasteiger partial charge in [0, 0.05) is 43.5 Å². The molecule has 2 fully saturated rings. The number of allylic oxidation sites excluding steroid dienone is 1. The molecule has 1 aromatic heterocycles. The van der Waals surface area contributed by atoms with Crippen LogP contribution in [-0.4, -0.2) is 34.4 Å². The van der Waals surface area contributed by atoms with Crippen LogP contribution in [0, 0.1) is 11.3 Å². The molecule has 4 nitrogen and oxygen atoms in total. The fraction of sp³-hybridized carbons (Fsp3) is 0.548. The van der Waals surface area contributed by atoms with Crippen LogP contribution in [0.4, 0.5) is 13.2 Å². The van der Waals surface area contributed by atoms with E-state index in [1.165, 1.54) is 17.2 Å². The van der Waals surface area contributed by atoms with Crippen LogP contribution in [0.25, 0.3) is 6.08 Å². The molecule has 0 radical (unpaired) electrons. The number of carbonyl (C=O) groups is 1. The molecule has 0 spiro atoms. The quantitative estimate of drug-likeness (QED) is 0.467. The van der Waals surface area contributed by atoms with Crippen molar-refractivity contribution in [3.8, 4) is 0 Å². The predicted octanol–water partition coefficient (Wildman–Crippen LogP) is 6.80. The van der Waals surface area contributed by atoms with E-state index in [-0.39, 0.29) is 18.4 Å². The van der Waals surface area contributed by atoms with Crippen molar-refractivity contribution in [1.82, 2.24) is 15.2 Å². The summed E-state index contributed by atoms with van der Waals surface area (Å²) in [6.45, 7) is 4.94. The van der Waals surface area contributed by atoms with Crippen LogP contribution < -0.4 is 5.32 Å². The highest BCUT2D eigenvalue weighted by atomic mass is 19.4. The number of nitrogens with zero attached hydrogens (tertiary/aromatic N) is 2. The number of carbonyl (C=O) groups excluding carboxylic acids is 1. The first kappa shape index (κ1) is 26.9. The van der Waals surface area contributed by atoms with Crippen LogP contribution in [0.15, 0.2) is 48.2 Å². The molecule has 1 amide bonds. The van der Waals surface area contributed by atoms with Crippen molar-refractivity contribution in [3.63, 3.8) is 0 Å². The van der Waals surface area contributed by atoms with Gasteiger partial charge in [-0.15, -0.1) is 0 Å². The third kappa shape index (κ3) is 5.68. The molecule has 2 heterocycles. The zero-order chi connectivity index (χ0) is 26.9. The van der Waals surface area contributed by atoms with Crippen molar-refractivity contribution >= 4 is 12.0 Å². The summed E-state index contributed by atoms with van der Waals surface area (Å²) < 4.78 is 39.8. The van der Waals surface area contributed by atoms with Gasteiger partial charge in [-0.3, -0.25) is 9.78 Å². The SMILES string of the molecule is CC(C)[C@]1(C(=O)N2CCc3ncc(C(F)(F)F)cc3C2)CC[C@@H](NC2CCC(=Cc3ccccc3)CC2)C1. The topological polar surface area (TPSA) is 45.2 Å². The van der Waals surface area contributed by atoms with Gasteiger partial charge in [-0.25, -0.2) is 0 Å². The summed E-state index contributed by atoms with van der Waals surface area (Å²) in [7, 11) is 0. The zero-order valence-corrected chi connectivity index (χ0v) is 22.4. The predicted molar refractivity (Wildman–Crippen MR) is 143 cm³/mol. The van der Waals surface area contributed by atoms with Gasteiger partial charge in [0.05, 0.1) is 11.0 Å². The number of hydrogen-bond donors (Lipinski definition) is 1. The third-order valence-electron chi connectivity index (χ3n) is 9.00. The van der Waals surface area contributed by atoms with E-state index in [2.05, 4.69) is 54.5 Å². The number of alkyl halides is 3. The van der Waals surface area contributed by atoms with E-state index in [0.717, 1.165) is 51.1 Å². The molecule has 2 saturated carbocycles. The van der Waals surface area contributed by atoms with Gasteiger partial charge in [0.25, 0.3) is 0 Å². The van der Waals surface area contributed by atoms with E-state index in [4.69, 9.17) is 0 Å². The number of aromatic nitrogens is 1. The number of fused-ring (bicyclic) bond motifs is 1. The molecule has 0 unspecified atom stereocenters. The number of halogens is 3. The maximum Gasteiger partial charge on any atom is 0.417 e. The van der Waals surface area contributed by atoms with Gasteiger partial charge >= 0.3 is 6.18 Å². The molecule has 0 saturated heterocycles. The first-order chi connectivity index (χ1) is 18.1. The maximum absolute atomic E-state index is 14.0. The van der Waals surface area contributed by atoms with Crippen molar-refractivity contribution in [1.29, 1.82) is 0 Å². The Morgan fingerprint density at radius 1 is 1.11 bits per heavy atom. The van der Waals surface area contributed by atoms with Crippen LogP contribution in [-0.2, 0) is 23.9 Å². The molecule has 5 rings (SSSR count). The number of rotatable bonds is 5. The van der Waals surface area contributed by atoms with Crippen LogP contribution in [0.3, 0.4) is 0 Å². The molecule has 1 aliphatic heterocycles. The maximum atomic E-state index is 14.0.